The zero-order chi connectivity index (χ0) is 17.4. The van der Waals surface area contributed by atoms with Gasteiger partial charge in [0.2, 0.25) is 0 Å². The van der Waals surface area contributed by atoms with Gasteiger partial charge in [-0.15, -0.1) is 0 Å². The first-order chi connectivity index (χ1) is 10.8. The molecule has 0 fully saturated rings. The summed E-state index contributed by atoms with van der Waals surface area (Å²) >= 11 is 0. The van der Waals surface area contributed by atoms with Crippen molar-refractivity contribution in [1.82, 2.24) is 0 Å². The maximum absolute atomic E-state index is 11.8. The lowest BCUT2D eigenvalue weighted by Crippen LogP contribution is -2.07. The Bertz CT molecular complexity index is 512. The summed E-state index contributed by atoms with van der Waals surface area (Å²) in [6.45, 7) is 9.39. The van der Waals surface area contributed by atoms with Gasteiger partial charge in [-0.1, -0.05) is 49.3 Å². The molecule has 0 amide bonds. The average Bonchev–Trinajstić information content (AvgIpc) is 2.46. The fraction of sp³-hybridized carbons (Fsp3) is 0.632. The van der Waals surface area contributed by atoms with Crippen molar-refractivity contribution in [2.45, 2.75) is 53.4 Å². The Morgan fingerprint density at radius 2 is 1.83 bits per heavy atom. The van der Waals surface area contributed by atoms with Crippen molar-refractivity contribution in [2.75, 3.05) is 13.7 Å². The van der Waals surface area contributed by atoms with E-state index in [1.54, 1.807) is 13.2 Å². The largest absolute Gasteiger partial charge is 0.496 e. The molecule has 0 spiro atoms. The molecule has 4 heteroatoms. The van der Waals surface area contributed by atoms with Gasteiger partial charge in [-0.05, 0) is 42.9 Å². The average molecular weight is 338 g/mol. The molecule has 1 aromatic carbocycles. The molecule has 0 saturated carbocycles. The molecule has 0 aromatic heterocycles. The van der Waals surface area contributed by atoms with Crippen molar-refractivity contribution in [3.8, 4) is 11.5 Å². The predicted molar refractivity (Wildman–Crippen MR) is 99.7 cm³/mol. The van der Waals surface area contributed by atoms with Gasteiger partial charge in [0.05, 0.1) is 19.3 Å². The van der Waals surface area contributed by atoms with E-state index in [1.165, 1.54) is 19.3 Å². The Labute approximate surface area is 143 Å². The monoisotopic (exact) mass is 338 g/mol. The van der Waals surface area contributed by atoms with Crippen LogP contribution in [0.1, 0.15) is 62.4 Å². The van der Waals surface area contributed by atoms with Crippen LogP contribution in [0.25, 0.3) is 0 Å². The molecule has 1 rings (SSSR count). The number of carbonyl (C=O) groups is 1. The Morgan fingerprint density at radius 1 is 1.13 bits per heavy atom. The molecule has 0 saturated heterocycles. The minimum Gasteiger partial charge on any atom is -0.496 e. The Kier molecular flexibility index (Phi) is 8.62. The molecule has 0 aliphatic carbocycles. The fourth-order valence-corrected chi connectivity index (χ4v) is 2.81. The van der Waals surface area contributed by atoms with Gasteiger partial charge in [0.25, 0.3) is 0 Å². The Hall–Kier alpha value is -1.08. The molecule has 130 valence electrons. The van der Waals surface area contributed by atoms with E-state index in [-0.39, 0.29) is 5.52 Å². The van der Waals surface area contributed by atoms with Crippen molar-refractivity contribution in [2.24, 2.45) is 11.8 Å². The first-order valence-corrected chi connectivity index (χ1v) is 9.04. The molecule has 0 N–H and O–H groups in total. The van der Waals surface area contributed by atoms with Gasteiger partial charge in [-0.3, -0.25) is 4.79 Å². The second-order valence-electron chi connectivity index (χ2n) is 6.75. The molecule has 23 heavy (non-hydrogen) atoms. The first-order valence-electron chi connectivity index (χ1n) is 8.46. The molecule has 1 aromatic rings. The van der Waals surface area contributed by atoms with Gasteiger partial charge in [0, 0.05) is 0 Å². The summed E-state index contributed by atoms with van der Waals surface area (Å²) in [5.74, 6) is 2.78. The molecular formula is C19H31O3P. The lowest BCUT2D eigenvalue weighted by molar-refractivity contribution is 0.108. The number of carbonyl (C=O) groups excluding carboxylic acids is 1. The lowest BCUT2D eigenvalue weighted by Gasteiger charge is -2.16. The topological polar surface area (TPSA) is 35.5 Å². The molecule has 0 heterocycles. The Morgan fingerprint density at radius 3 is 2.39 bits per heavy atom. The van der Waals surface area contributed by atoms with Crippen molar-refractivity contribution in [1.29, 1.82) is 0 Å². The summed E-state index contributed by atoms with van der Waals surface area (Å²) in [5, 5.41) is 0. The van der Waals surface area contributed by atoms with E-state index in [0.717, 1.165) is 17.9 Å². The highest BCUT2D eigenvalue weighted by atomic mass is 31.0. The quantitative estimate of drug-likeness (QED) is 0.547. The highest BCUT2D eigenvalue weighted by molar-refractivity contribution is 7.41. The second-order valence-corrected chi connectivity index (χ2v) is 7.27. The van der Waals surface area contributed by atoms with Gasteiger partial charge in [-0.2, -0.15) is 0 Å². The summed E-state index contributed by atoms with van der Waals surface area (Å²) in [6.07, 6.45) is 4.80. The summed E-state index contributed by atoms with van der Waals surface area (Å²) in [7, 11) is 3.82. The second kappa shape index (κ2) is 9.93. The number of hydrogen-bond acceptors (Lipinski definition) is 3. The maximum Gasteiger partial charge on any atom is 0.181 e. The third-order valence-electron chi connectivity index (χ3n) is 4.11. The third-order valence-corrected chi connectivity index (χ3v) is 4.42. The van der Waals surface area contributed by atoms with Crippen LogP contribution < -0.4 is 9.47 Å². The number of hydrogen-bond donors (Lipinski definition) is 0. The molecule has 0 bridgehead atoms. The fourth-order valence-electron chi connectivity index (χ4n) is 2.58. The number of aryl methyl sites for hydroxylation is 1. The van der Waals surface area contributed by atoms with Crippen LogP contribution in [0.15, 0.2) is 12.1 Å². The molecular weight excluding hydrogens is 307 g/mol. The highest BCUT2D eigenvalue weighted by Crippen LogP contribution is 2.30. The minimum absolute atomic E-state index is 0.0803. The zero-order valence-electron chi connectivity index (χ0n) is 15.1. The molecule has 0 radical (unpaired) electrons. The minimum atomic E-state index is -0.0803. The van der Waals surface area contributed by atoms with E-state index in [0.29, 0.717) is 29.6 Å². The van der Waals surface area contributed by atoms with Crippen LogP contribution in [-0.4, -0.2) is 19.2 Å². The van der Waals surface area contributed by atoms with Crippen LogP contribution in [0.5, 0.6) is 11.5 Å². The van der Waals surface area contributed by atoms with E-state index in [4.69, 9.17) is 9.47 Å². The van der Waals surface area contributed by atoms with Gasteiger partial charge < -0.3 is 9.47 Å². The summed E-state index contributed by atoms with van der Waals surface area (Å²) in [5.41, 5.74) is 1.45. The van der Waals surface area contributed by atoms with E-state index >= 15 is 0 Å². The number of rotatable bonds is 10. The standard InChI is InChI=1S/C19H31O3P/c1-13(2)7-6-8-14(3)9-10-22-18-11-15(4)17(21-5)12-16(18)19(20)23/h11-14H,6-10,23H2,1-5H3. The van der Waals surface area contributed by atoms with Crippen molar-refractivity contribution < 1.29 is 14.3 Å². The van der Waals surface area contributed by atoms with E-state index in [9.17, 15) is 4.79 Å². The van der Waals surface area contributed by atoms with Crippen LogP contribution >= 0.6 is 9.24 Å². The van der Waals surface area contributed by atoms with Crippen LogP contribution in [0.3, 0.4) is 0 Å². The number of methoxy groups -OCH3 is 1. The highest BCUT2D eigenvalue weighted by Gasteiger charge is 2.13. The third kappa shape index (κ3) is 6.91. The van der Waals surface area contributed by atoms with Crippen LogP contribution in [0, 0.1) is 18.8 Å². The van der Waals surface area contributed by atoms with Crippen molar-refractivity contribution >= 4 is 14.8 Å². The van der Waals surface area contributed by atoms with Crippen LogP contribution in [0.4, 0.5) is 0 Å². The van der Waals surface area contributed by atoms with Gasteiger partial charge in [0.1, 0.15) is 11.5 Å². The molecule has 0 aliphatic rings. The summed E-state index contributed by atoms with van der Waals surface area (Å²) < 4.78 is 11.2. The SMILES string of the molecule is COc1cc(C(=O)P)c(OCCC(C)CCCC(C)C)cc1C. The molecule has 3 nitrogen and oxygen atoms in total. The van der Waals surface area contributed by atoms with E-state index in [1.807, 2.05) is 13.0 Å². The molecule has 2 unspecified atom stereocenters. The van der Waals surface area contributed by atoms with Crippen LogP contribution in [-0.2, 0) is 0 Å². The van der Waals surface area contributed by atoms with Crippen molar-refractivity contribution in [3.05, 3.63) is 23.3 Å². The Balaban J connectivity index is 2.57. The van der Waals surface area contributed by atoms with Gasteiger partial charge in [0.15, 0.2) is 5.52 Å². The number of ether oxygens (including phenoxy) is 2. The van der Waals surface area contributed by atoms with Crippen LogP contribution in [0.2, 0.25) is 0 Å². The van der Waals surface area contributed by atoms with Gasteiger partial charge in [-0.25, -0.2) is 0 Å². The van der Waals surface area contributed by atoms with E-state index in [2.05, 4.69) is 30.0 Å². The van der Waals surface area contributed by atoms with Gasteiger partial charge >= 0.3 is 0 Å². The predicted octanol–water partition coefficient (Wildman–Crippen LogP) is 5.25. The smallest absolute Gasteiger partial charge is 0.181 e. The summed E-state index contributed by atoms with van der Waals surface area (Å²) in [4.78, 5) is 11.8. The first kappa shape index (κ1) is 20.0. The number of benzene rings is 1. The molecule has 2 atom stereocenters. The summed E-state index contributed by atoms with van der Waals surface area (Å²) in [6, 6.07) is 3.64. The van der Waals surface area contributed by atoms with Crippen molar-refractivity contribution in [3.63, 3.8) is 0 Å². The zero-order valence-corrected chi connectivity index (χ0v) is 16.3. The normalized spacial score (nSPS) is 12.3. The maximum atomic E-state index is 11.8. The lowest BCUT2D eigenvalue weighted by atomic mass is 9.98. The molecule has 0 aliphatic heterocycles. The van der Waals surface area contributed by atoms with E-state index < -0.39 is 0 Å².